The van der Waals surface area contributed by atoms with Gasteiger partial charge in [-0.1, -0.05) is 57.9 Å². The number of hydrogen-bond donors (Lipinski definition) is 4. The molecule has 71 heavy (non-hydrogen) atoms. The molecule has 20 heteroatoms. The Bertz CT molecular complexity index is 2670. The van der Waals surface area contributed by atoms with E-state index in [2.05, 4.69) is 49.9 Å². The van der Waals surface area contributed by atoms with Crippen molar-refractivity contribution in [1.82, 2.24) is 39.9 Å². The van der Waals surface area contributed by atoms with Crippen molar-refractivity contribution in [3.8, 4) is 17.8 Å². The number of imide groups is 1. The number of unbranched alkanes of at least 4 members (excludes halogenated alkanes) is 3. The van der Waals surface area contributed by atoms with Crippen molar-refractivity contribution in [2.75, 3.05) is 57.5 Å². The second-order valence-electron chi connectivity index (χ2n) is 18.6. The molecule has 0 radical (unpaired) electrons. The molecule has 4 heterocycles. The fourth-order valence-corrected chi connectivity index (χ4v) is 8.80. The van der Waals surface area contributed by atoms with Crippen molar-refractivity contribution in [2.24, 2.45) is 5.92 Å². The van der Waals surface area contributed by atoms with E-state index >= 15 is 0 Å². The number of anilines is 2. The van der Waals surface area contributed by atoms with Crippen LogP contribution in [0.2, 0.25) is 0 Å². The standard InChI is InChI=1S/C51H63N11O9/c1-5-6-24-70-49-57-46(53)39-26-38(27-52)61(47(39)58-49)30-36-14-11-35(25-40(36)69-4)29-59-22-23-62(51(32-59)19-20-51)50(68)71-31-34-12-15-37(16-13-34)55-42(64)28-54-48(67)45(33(2)3)56-41(63)10-8-7-9-21-60-43(65)17-18-44(60)66/h11-18,25-26,33,45H,5-10,19-24,28-32H2,1-4H3,(H,54,67)(H,55,64)(H,56,63)(H2,53,57,58). The number of carbonyl (C=O) groups excluding carboxylic acids is 6. The number of nitrogens with zero attached hydrogens (tertiary/aromatic N) is 7. The summed E-state index contributed by atoms with van der Waals surface area (Å²) in [5, 5.41) is 18.7. The number of rotatable bonds is 23. The molecule has 2 fully saturated rings. The zero-order valence-electron chi connectivity index (χ0n) is 40.8. The lowest BCUT2D eigenvalue weighted by molar-refractivity contribution is -0.137. The molecule has 376 valence electrons. The third-order valence-corrected chi connectivity index (χ3v) is 12.9. The van der Waals surface area contributed by atoms with E-state index in [1.54, 1.807) is 55.9 Å². The van der Waals surface area contributed by atoms with Gasteiger partial charge in [-0.05, 0) is 73.4 Å². The van der Waals surface area contributed by atoms with Gasteiger partial charge >= 0.3 is 12.1 Å². The summed E-state index contributed by atoms with van der Waals surface area (Å²) in [6, 6.07) is 16.2. The molecule has 6 amide bonds. The minimum Gasteiger partial charge on any atom is -0.496 e. The molecule has 2 aliphatic heterocycles. The summed E-state index contributed by atoms with van der Waals surface area (Å²) in [6.45, 7) is 9.00. The van der Waals surface area contributed by atoms with Gasteiger partial charge in [-0.2, -0.15) is 15.2 Å². The van der Waals surface area contributed by atoms with Gasteiger partial charge in [0.1, 0.15) is 36.0 Å². The van der Waals surface area contributed by atoms with Gasteiger partial charge in [0, 0.05) is 62.5 Å². The molecular weight excluding hydrogens is 911 g/mol. The lowest BCUT2D eigenvalue weighted by Gasteiger charge is -2.41. The maximum Gasteiger partial charge on any atom is 0.410 e. The summed E-state index contributed by atoms with van der Waals surface area (Å²) in [5.74, 6) is -1.23. The molecule has 2 aromatic heterocycles. The van der Waals surface area contributed by atoms with Gasteiger partial charge in [-0.3, -0.25) is 38.7 Å². The van der Waals surface area contributed by atoms with E-state index in [9.17, 15) is 34.0 Å². The fraction of sp³-hybridized carbons (Fsp3) is 0.471. The number of nitrogens with one attached hydrogen (secondary N) is 3. The highest BCUT2D eigenvalue weighted by Gasteiger charge is 2.53. The molecule has 1 aliphatic carbocycles. The first-order valence-electron chi connectivity index (χ1n) is 24.2. The maximum atomic E-state index is 13.5. The number of piperazine rings is 1. The van der Waals surface area contributed by atoms with Crippen LogP contribution in [-0.4, -0.2) is 123 Å². The van der Waals surface area contributed by atoms with Gasteiger partial charge in [0.2, 0.25) is 17.7 Å². The Balaban J connectivity index is 0.833. The van der Waals surface area contributed by atoms with Crippen LogP contribution in [0.15, 0.2) is 60.7 Å². The van der Waals surface area contributed by atoms with Crippen LogP contribution >= 0.6 is 0 Å². The molecule has 1 atom stereocenters. The number of benzene rings is 2. The Kier molecular flexibility index (Phi) is 16.9. The number of ether oxygens (including phenoxy) is 3. The van der Waals surface area contributed by atoms with Crippen LogP contribution in [0.1, 0.15) is 94.5 Å². The zero-order valence-corrected chi connectivity index (χ0v) is 40.8. The molecule has 1 saturated carbocycles. The van der Waals surface area contributed by atoms with E-state index in [-0.39, 0.29) is 66.7 Å². The van der Waals surface area contributed by atoms with E-state index < -0.39 is 17.9 Å². The SMILES string of the molecule is CCCCOc1nc(N)c2cc(C#N)n(Cc3ccc(CN4CCN(C(=O)OCc5ccc(NC(=O)CNC(=O)C(NC(=O)CCCCCN6C(=O)C=CC6=O)C(C)C)cc5)C5(CC5)C4)cc3OC)c2n1. The van der Waals surface area contributed by atoms with Crippen LogP contribution in [0.3, 0.4) is 0 Å². The first kappa shape index (κ1) is 51.3. The number of carbonyl (C=O) groups is 6. The Labute approximate surface area is 412 Å². The molecule has 4 aromatic rings. The highest BCUT2D eigenvalue weighted by Crippen LogP contribution is 2.45. The van der Waals surface area contributed by atoms with E-state index in [4.69, 9.17) is 19.9 Å². The molecular formula is C51H63N11O9. The number of nitrogen functional groups attached to an aromatic ring is 1. The average Bonchev–Trinajstić information content (AvgIpc) is 3.90. The van der Waals surface area contributed by atoms with E-state index in [0.29, 0.717) is 93.3 Å². The van der Waals surface area contributed by atoms with E-state index in [1.807, 2.05) is 17.0 Å². The first-order chi connectivity index (χ1) is 34.2. The number of amides is 6. The highest BCUT2D eigenvalue weighted by atomic mass is 16.6. The third kappa shape index (κ3) is 13.0. The van der Waals surface area contributed by atoms with Gasteiger partial charge < -0.3 is 40.5 Å². The van der Waals surface area contributed by atoms with Gasteiger partial charge in [-0.15, -0.1) is 0 Å². The third-order valence-electron chi connectivity index (χ3n) is 12.9. The number of hydrogen-bond acceptors (Lipinski definition) is 14. The molecule has 2 aromatic carbocycles. The zero-order chi connectivity index (χ0) is 50.7. The summed E-state index contributed by atoms with van der Waals surface area (Å²) >= 11 is 0. The van der Waals surface area contributed by atoms with Crippen LogP contribution in [-0.2, 0) is 48.4 Å². The monoisotopic (exact) mass is 973 g/mol. The number of aromatic nitrogens is 3. The topological polar surface area (TPSA) is 256 Å². The molecule has 20 nitrogen and oxygen atoms in total. The van der Waals surface area contributed by atoms with Crippen molar-refractivity contribution in [1.29, 1.82) is 5.26 Å². The van der Waals surface area contributed by atoms with E-state index in [1.165, 1.54) is 12.2 Å². The van der Waals surface area contributed by atoms with Crippen molar-refractivity contribution < 1.29 is 43.0 Å². The Hall–Kier alpha value is -7.53. The number of fused-ring (bicyclic) bond motifs is 1. The van der Waals surface area contributed by atoms with Crippen LogP contribution < -0.4 is 31.2 Å². The molecule has 1 saturated heterocycles. The quantitative estimate of drug-likeness (QED) is 0.0576. The smallest absolute Gasteiger partial charge is 0.410 e. The fourth-order valence-electron chi connectivity index (χ4n) is 8.80. The van der Waals surface area contributed by atoms with Gasteiger partial charge in [-0.25, -0.2) is 4.79 Å². The molecule has 7 rings (SSSR count). The number of nitrogens with two attached hydrogens (primary N) is 1. The summed E-state index contributed by atoms with van der Waals surface area (Å²) < 4.78 is 19.2. The molecule has 5 N–H and O–H groups in total. The van der Waals surface area contributed by atoms with Gasteiger partial charge in [0.15, 0.2) is 5.65 Å². The lowest BCUT2D eigenvalue weighted by Crippen LogP contribution is -2.56. The minimum atomic E-state index is -0.843. The Morgan fingerprint density at radius 2 is 1.66 bits per heavy atom. The second kappa shape index (κ2) is 23.4. The largest absolute Gasteiger partial charge is 0.496 e. The van der Waals surface area contributed by atoms with Crippen molar-refractivity contribution in [3.05, 3.63) is 83.1 Å². The molecule has 1 unspecified atom stereocenters. The summed E-state index contributed by atoms with van der Waals surface area (Å²) in [7, 11) is 1.62. The summed E-state index contributed by atoms with van der Waals surface area (Å²) in [6.07, 6.45) is 7.56. The average molecular weight is 974 g/mol. The van der Waals surface area contributed by atoms with Gasteiger partial charge in [0.25, 0.3) is 11.8 Å². The predicted molar refractivity (Wildman–Crippen MR) is 262 cm³/mol. The van der Waals surface area contributed by atoms with Crippen molar-refractivity contribution in [2.45, 2.75) is 103 Å². The normalized spacial score (nSPS) is 15.5. The van der Waals surface area contributed by atoms with Crippen LogP contribution in [0.4, 0.5) is 16.3 Å². The van der Waals surface area contributed by atoms with Crippen molar-refractivity contribution >= 4 is 58.2 Å². The Morgan fingerprint density at radius 3 is 2.35 bits per heavy atom. The predicted octanol–water partition coefficient (Wildman–Crippen LogP) is 4.79. The van der Waals surface area contributed by atoms with Crippen LogP contribution in [0.25, 0.3) is 11.0 Å². The maximum absolute atomic E-state index is 13.5. The van der Waals surface area contributed by atoms with Crippen molar-refractivity contribution in [3.63, 3.8) is 0 Å². The van der Waals surface area contributed by atoms with E-state index in [0.717, 1.165) is 47.3 Å². The van der Waals surface area contributed by atoms with Crippen LogP contribution in [0.5, 0.6) is 11.8 Å². The number of methoxy groups -OCH3 is 1. The lowest BCUT2D eigenvalue weighted by atomic mass is 10.0. The van der Waals surface area contributed by atoms with Gasteiger partial charge in [0.05, 0.1) is 37.7 Å². The molecule has 3 aliphatic rings. The molecule has 1 spiro atoms. The second-order valence-corrected chi connectivity index (χ2v) is 18.6. The summed E-state index contributed by atoms with van der Waals surface area (Å²) in [4.78, 5) is 89.5. The first-order valence-corrected chi connectivity index (χ1v) is 24.2. The Morgan fingerprint density at radius 1 is 0.915 bits per heavy atom. The molecule has 0 bridgehead atoms. The van der Waals surface area contributed by atoms with Crippen LogP contribution in [0, 0.1) is 17.2 Å². The highest BCUT2D eigenvalue weighted by molar-refractivity contribution is 6.12. The minimum absolute atomic E-state index is 0.0507. The summed E-state index contributed by atoms with van der Waals surface area (Å²) in [5.41, 5.74) is 10.0. The number of nitriles is 1.